The van der Waals surface area contributed by atoms with Gasteiger partial charge in [-0.05, 0) is 61.6 Å². The topological polar surface area (TPSA) is 124 Å². The van der Waals surface area contributed by atoms with Gasteiger partial charge in [0.1, 0.15) is 10.8 Å². The molecular weight excluding hydrogens is 658 g/mol. The van der Waals surface area contributed by atoms with Crippen LogP contribution < -0.4 is 20.1 Å². The average molecular weight is 691 g/mol. The highest BCUT2D eigenvalue weighted by atomic mass is 32.2. The standard InChI is InChI=1S/C31H33F3N6O5S2/c1-45-27-17-21-6-7-25(27)35-11-2-4-22-16-26-24(5-3-12-40(26)29(22)46-31(32,33)34)36-23-9-14-38(15-10-23)30(42)39-13-8-20(18-39)19-47(43,44)37-28(21)41/h3,5-7,12,16-17,20,23,35-36H,8-11,13-15,18-19H2,1H3,(H,37,41)/t20-/m1/s1. The molecule has 1 aromatic carbocycles. The number of hydrogen-bond donors (Lipinski definition) is 3. The summed E-state index contributed by atoms with van der Waals surface area (Å²) in [4.78, 5) is 29.6. The molecule has 6 aliphatic rings. The summed E-state index contributed by atoms with van der Waals surface area (Å²) < 4.78 is 75.8. The molecule has 2 fully saturated rings. The number of hydrogen-bond acceptors (Lipinski definition) is 8. The number of thioether (sulfide) groups is 1. The normalized spacial score (nSPS) is 21.8. The number of anilines is 2. The van der Waals surface area contributed by atoms with Crippen LogP contribution in [0.2, 0.25) is 0 Å². The number of nitrogens with zero attached hydrogens (tertiary/aromatic N) is 3. The lowest BCUT2D eigenvalue weighted by atomic mass is 10.0. The number of aromatic nitrogens is 1. The zero-order chi connectivity index (χ0) is 33.3. The summed E-state index contributed by atoms with van der Waals surface area (Å²) in [6.07, 6.45) is 3.31. The number of pyridine rings is 1. The van der Waals surface area contributed by atoms with Crippen molar-refractivity contribution in [1.29, 1.82) is 0 Å². The van der Waals surface area contributed by atoms with Gasteiger partial charge in [-0.3, -0.25) is 4.79 Å². The van der Waals surface area contributed by atoms with E-state index in [1.54, 1.807) is 28.1 Å². The molecule has 16 heteroatoms. The lowest BCUT2D eigenvalue weighted by Crippen LogP contribution is -2.48. The van der Waals surface area contributed by atoms with E-state index in [0.717, 1.165) is 0 Å². The van der Waals surface area contributed by atoms with Crippen LogP contribution >= 0.6 is 11.8 Å². The largest absolute Gasteiger partial charge is 0.495 e. The van der Waals surface area contributed by atoms with Gasteiger partial charge in [0.05, 0.1) is 41.9 Å². The lowest BCUT2D eigenvalue weighted by molar-refractivity contribution is -0.0330. The minimum Gasteiger partial charge on any atom is -0.495 e. The summed E-state index contributed by atoms with van der Waals surface area (Å²) in [5.74, 6) is 4.55. The van der Waals surface area contributed by atoms with Crippen LogP contribution in [0.5, 0.6) is 5.75 Å². The van der Waals surface area contributed by atoms with Crippen molar-refractivity contribution in [2.45, 2.75) is 35.8 Å². The van der Waals surface area contributed by atoms with Crippen LogP contribution in [-0.2, 0) is 10.0 Å². The minimum absolute atomic E-state index is 0.0200. The number of urea groups is 1. The second-order valence-electron chi connectivity index (χ2n) is 11.7. The fourth-order valence-electron chi connectivity index (χ4n) is 6.19. The van der Waals surface area contributed by atoms with Crippen LogP contribution in [0.15, 0.2) is 47.6 Å². The van der Waals surface area contributed by atoms with Gasteiger partial charge in [-0.25, -0.2) is 17.9 Å². The third-order valence-electron chi connectivity index (χ3n) is 8.41. The third kappa shape index (κ3) is 7.51. The summed E-state index contributed by atoms with van der Waals surface area (Å²) in [6.45, 7) is 1.66. The van der Waals surface area contributed by atoms with E-state index < -0.39 is 21.4 Å². The summed E-state index contributed by atoms with van der Waals surface area (Å²) in [7, 11) is -2.61. The third-order valence-corrected chi connectivity index (χ3v) is 10.7. The molecule has 2 saturated heterocycles. The number of piperidine rings is 1. The molecule has 0 aliphatic carbocycles. The Morgan fingerprint density at radius 2 is 1.79 bits per heavy atom. The molecule has 6 aliphatic heterocycles. The van der Waals surface area contributed by atoms with Crippen LogP contribution in [0, 0.1) is 17.8 Å². The van der Waals surface area contributed by atoms with Crippen molar-refractivity contribution in [2.75, 3.05) is 56.2 Å². The molecular formula is C31H33F3N6O5S2. The van der Waals surface area contributed by atoms with E-state index in [2.05, 4.69) is 27.2 Å². The zero-order valence-electron chi connectivity index (χ0n) is 25.4. The van der Waals surface area contributed by atoms with Crippen molar-refractivity contribution < 1.29 is 35.9 Å². The molecule has 8 bridgehead atoms. The van der Waals surface area contributed by atoms with Crippen LogP contribution in [0.1, 0.15) is 35.2 Å². The Bertz CT molecular complexity index is 1860. The second kappa shape index (κ2) is 13.1. The van der Waals surface area contributed by atoms with Gasteiger partial charge < -0.3 is 29.6 Å². The van der Waals surface area contributed by atoms with Crippen molar-refractivity contribution >= 4 is 50.6 Å². The SMILES string of the molecule is COc1cc2ccc1NCC#Cc1cc3c(cccn3c1SC(F)(F)F)NC1CCN(CC1)C(=O)N1CC[C@H](C1)CS(=O)(=O)NC2=O. The molecule has 250 valence electrons. The fraction of sp³-hybridized carbons (Fsp3) is 0.419. The molecule has 3 N–H and O–H groups in total. The van der Waals surface area contributed by atoms with Gasteiger partial charge in [0.2, 0.25) is 10.0 Å². The molecule has 9 rings (SSSR count). The Morgan fingerprint density at radius 1 is 1.02 bits per heavy atom. The number of amides is 3. The van der Waals surface area contributed by atoms with Crippen molar-refractivity contribution in [1.82, 2.24) is 18.9 Å². The molecule has 2 aromatic heterocycles. The Morgan fingerprint density at radius 3 is 2.53 bits per heavy atom. The van der Waals surface area contributed by atoms with E-state index in [0.29, 0.717) is 55.8 Å². The molecule has 47 heavy (non-hydrogen) atoms. The molecule has 0 saturated carbocycles. The highest BCUT2D eigenvalue weighted by Crippen LogP contribution is 2.41. The number of carbonyl (C=O) groups is 2. The van der Waals surface area contributed by atoms with Crippen molar-refractivity contribution in [3.05, 3.63) is 53.7 Å². The molecule has 0 radical (unpaired) electrons. The van der Waals surface area contributed by atoms with Gasteiger partial charge in [-0.2, -0.15) is 13.2 Å². The maximum Gasteiger partial charge on any atom is 0.447 e. The van der Waals surface area contributed by atoms with Gasteiger partial charge in [0.25, 0.3) is 5.91 Å². The number of halogens is 3. The maximum absolute atomic E-state index is 13.7. The van der Waals surface area contributed by atoms with Crippen molar-refractivity contribution in [3.63, 3.8) is 0 Å². The van der Waals surface area contributed by atoms with E-state index >= 15 is 0 Å². The summed E-state index contributed by atoms with van der Waals surface area (Å²) in [6, 6.07) is 9.29. The van der Waals surface area contributed by atoms with Crippen LogP contribution in [-0.4, -0.2) is 91.7 Å². The smallest absolute Gasteiger partial charge is 0.447 e. The number of benzene rings is 1. The number of ether oxygens (including phenoxy) is 1. The predicted octanol–water partition coefficient (Wildman–Crippen LogP) is 4.41. The number of nitrogens with one attached hydrogen (secondary N) is 3. The molecule has 3 amide bonds. The zero-order valence-corrected chi connectivity index (χ0v) is 27.0. The maximum atomic E-state index is 13.7. The van der Waals surface area contributed by atoms with E-state index in [1.807, 2.05) is 6.07 Å². The summed E-state index contributed by atoms with van der Waals surface area (Å²) in [5.41, 5.74) is -2.62. The number of rotatable bonds is 2. The first-order chi connectivity index (χ1) is 22.4. The van der Waals surface area contributed by atoms with Gasteiger partial charge in [0, 0.05) is 55.7 Å². The lowest BCUT2D eigenvalue weighted by Gasteiger charge is -2.35. The molecule has 3 aromatic rings. The summed E-state index contributed by atoms with van der Waals surface area (Å²) >= 11 is -0.232. The predicted molar refractivity (Wildman–Crippen MR) is 172 cm³/mol. The van der Waals surface area contributed by atoms with Gasteiger partial charge in [-0.1, -0.05) is 11.8 Å². The molecule has 8 heterocycles. The highest BCUT2D eigenvalue weighted by Gasteiger charge is 2.35. The first-order valence-electron chi connectivity index (χ1n) is 15.0. The van der Waals surface area contributed by atoms with Gasteiger partial charge in [-0.15, -0.1) is 0 Å². The monoisotopic (exact) mass is 690 g/mol. The van der Waals surface area contributed by atoms with E-state index in [4.69, 9.17) is 4.74 Å². The fourth-order valence-corrected chi connectivity index (χ4v) is 8.26. The molecule has 0 unspecified atom stereocenters. The van der Waals surface area contributed by atoms with E-state index in [9.17, 15) is 31.2 Å². The molecule has 1 atom stereocenters. The van der Waals surface area contributed by atoms with Gasteiger partial charge >= 0.3 is 11.5 Å². The Labute approximate surface area is 274 Å². The number of alkyl halides is 3. The quantitative estimate of drug-likeness (QED) is 0.267. The number of carbonyl (C=O) groups excluding carboxylic acids is 2. The molecule has 0 spiro atoms. The highest BCUT2D eigenvalue weighted by molar-refractivity contribution is 8.00. The Hall–Kier alpha value is -4.23. The minimum atomic E-state index is -4.54. The second-order valence-corrected chi connectivity index (χ2v) is 14.5. The number of methoxy groups -OCH3 is 1. The number of sulfonamides is 1. The van der Waals surface area contributed by atoms with E-state index in [-0.39, 0.29) is 70.5 Å². The van der Waals surface area contributed by atoms with Crippen LogP contribution in [0.4, 0.5) is 29.3 Å². The first kappa shape index (κ1) is 32.7. The first-order valence-corrected chi connectivity index (χ1v) is 17.5. The van der Waals surface area contributed by atoms with Crippen molar-refractivity contribution in [2.24, 2.45) is 5.92 Å². The van der Waals surface area contributed by atoms with Crippen LogP contribution in [0.3, 0.4) is 0 Å². The van der Waals surface area contributed by atoms with Crippen molar-refractivity contribution in [3.8, 4) is 17.6 Å². The molecule has 11 nitrogen and oxygen atoms in total. The summed E-state index contributed by atoms with van der Waals surface area (Å²) in [5, 5.41) is 6.45. The van der Waals surface area contributed by atoms with Gasteiger partial charge in [0.15, 0.2) is 0 Å². The van der Waals surface area contributed by atoms with Crippen LogP contribution in [0.25, 0.3) is 5.52 Å². The average Bonchev–Trinajstić information content (AvgIpc) is 3.62. The Kier molecular flexibility index (Phi) is 9.12. The van der Waals surface area contributed by atoms with E-state index in [1.165, 1.54) is 29.7 Å². The Balaban J connectivity index is 1.33.